The number of carbonyl (C=O) groups excluding carboxylic acids is 1. The summed E-state index contributed by atoms with van der Waals surface area (Å²) < 4.78 is 5.04. The van der Waals surface area contributed by atoms with Crippen LogP contribution in [0.5, 0.6) is 0 Å². The summed E-state index contributed by atoms with van der Waals surface area (Å²) in [5.41, 5.74) is 11.0. The Morgan fingerprint density at radius 1 is 1.33 bits per heavy atom. The van der Waals surface area contributed by atoms with Gasteiger partial charge in [0.1, 0.15) is 17.8 Å². The first kappa shape index (κ1) is 9.20. The Morgan fingerprint density at radius 2 is 2.13 bits per heavy atom. The number of rotatable bonds is 2. The van der Waals surface area contributed by atoms with E-state index in [0.29, 0.717) is 11.5 Å². The molecule has 2 aromatic rings. The molecule has 6 nitrogen and oxygen atoms in total. The number of carbonyl (C=O) groups is 1. The molecular formula is C9H8N4O2. The first-order chi connectivity index (χ1) is 7.16. The number of nitrogen functional groups attached to an aromatic ring is 1. The fourth-order valence-electron chi connectivity index (χ4n) is 1.08. The zero-order valence-corrected chi connectivity index (χ0v) is 7.68. The van der Waals surface area contributed by atoms with Gasteiger partial charge in [0.2, 0.25) is 5.89 Å². The van der Waals surface area contributed by atoms with Crippen molar-refractivity contribution in [1.82, 2.24) is 9.97 Å². The number of nitrogens with zero attached hydrogens (tertiary/aromatic N) is 2. The molecule has 0 saturated heterocycles. The SMILES string of the molecule is NC(=O)c1coc(-c2cccc(N)n2)n1. The molecule has 0 aliphatic rings. The molecule has 76 valence electrons. The van der Waals surface area contributed by atoms with Gasteiger partial charge >= 0.3 is 0 Å². The molecule has 0 aliphatic carbocycles. The van der Waals surface area contributed by atoms with Crippen LogP contribution in [0.4, 0.5) is 5.82 Å². The molecule has 6 heteroatoms. The minimum Gasteiger partial charge on any atom is -0.442 e. The van der Waals surface area contributed by atoms with Crippen molar-refractivity contribution in [1.29, 1.82) is 0 Å². The van der Waals surface area contributed by atoms with Crippen LogP contribution < -0.4 is 11.5 Å². The predicted molar refractivity (Wildman–Crippen MR) is 52.7 cm³/mol. The lowest BCUT2D eigenvalue weighted by Gasteiger charge is -1.94. The van der Waals surface area contributed by atoms with Crippen LogP contribution in [-0.4, -0.2) is 15.9 Å². The molecule has 0 aliphatic heterocycles. The number of nitrogens with two attached hydrogens (primary N) is 2. The van der Waals surface area contributed by atoms with Gasteiger partial charge in [0, 0.05) is 0 Å². The lowest BCUT2D eigenvalue weighted by molar-refractivity contribution is 0.0995. The molecule has 0 fully saturated rings. The number of anilines is 1. The summed E-state index contributed by atoms with van der Waals surface area (Å²) in [4.78, 5) is 18.6. The molecule has 4 N–H and O–H groups in total. The van der Waals surface area contributed by atoms with Crippen molar-refractivity contribution in [3.05, 3.63) is 30.2 Å². The molecule has 2 rings (SSSR count). The van der Waals surface area contributed by atoms with Crippen LogP contribution in [0.3, 0.4) is 0 Å². The number of pyridine rings is 1. The van der Waals surface area contributed by atoms with E-state index in [0.717, 1.165) is 0 Å². The topological polar surface area (TPSA) is 108 Å². The fourth-order valence-corrected chi connectivity index (χ4v) is 1.08. The second-order valence-electron chi connectivity index (χ2n) is 2.85. The van der Waals surface area contributed by atoms with E-state index in [4.69, 9.17) is 15.9 Å². The molecule has 0 atom stereocenters. The van der Waals surface area contributed by atoms with Gasteiger partial charge in [0.25, 0.3) is 5.91 Å². The zero-order valence-electron chi connectivity index (χ0n) is 7.68. The first-order valence-corrected chi connectivity index (χ1v) is 4.15. The quantitative estimate of drug-likeness (QED) is 0.736. The van der Waals surface area contributed by atoms with Gasteiger partial charge < -0.3 is 15.9 Å². The van der Waals surface area contributed by atoms with E-state index >= 15 is 0 Å². The second kappa shape index (κ2) is 3.41. The summed E-state index contributed by atoms with van der Waals surface area (Å²) in [5.74, 6) is -0.0728. The van der Waals surface area contributed by atoms with Crippen LogP contribution >= 0.6 is 0 Å². The van der Waals surface area contributed by atoms with Gasteiger partial charge in [-0.1, -0.05) is 6.07 Å². The van der Waals surface area contributed by atoms with E-state index in [9.17, 15) is 4.79 Å². The average molecular weight is 204 g/mol. The van der Waals surface area contributed by atoms with Crippen LogP contribution in [0.15, 0.2) is 28.9 Å². The highest BCUT2D eigenvalue weighted by Crippen LogP contribution is 2.16. The number of hydrogen-bond donors (Lipinski definition) is 2. The Bertz CT molecular complexity index is 506. The molecule has 0 aromatic carbocycles. The van der Waals surface area contributed by atoms with Gasteiger partial charge in [-0.05, 0) is 12.1 Å². The maximum absolute atomic E-state index is 10.8. The summed E-state index contributed by atoms with van der Waals surface area (Å²) in [5, 5.41) is 0. The molecule has 0 bridgehead atoms. The van der Waals surface area contributed by atoms with E-state index in [1.807, 2.05) is 0 Å². The monoisotopic (exact) mass is 204 g/mol. The third kappa shape index (κ3) is 1.78. The highest BCUT2D eigenvalue weighted by molar-refractivity contribution is 5.90. The number of aromatic nitrogens is 2. The Balaban J connectivity index is 2.41. The van der Waals surface area contributed by atoms with Gasteiger partial charge in [-0.25, -0.2) is 9.97 Å². The van der Waals surface area contributed by atoms with E-state index in [1.165, 1.54) is 6.26 Å². The first-order valence-electron chi connectivity index (χ1n) is 4.15. The van der Waals surface area contributed by atoms with Crippen LogP contribution in [0.25, 0.3) is 11.6 Å². The van der Waals surface area contributed by atoms with Crippen molar-refractivity contribution < 1.29 is 9.21 Å². The Morgan fingerprint density at radius 3 is 2.73 bits per heavy atom. The Kier molecular flexibility index (Phi) is 2.09. The van der Waals surface area contributed by atoms with Crippen LogP contribution in [-0.2, 0) is 0 Å². The fraction of sp³-hybridized carbons (Fsp3) is 0. The molecule has 15 heavy (non-hydrogen) atoms. The van der Waals surface area contributed by atoms with E-state index in [2.05, 4.69) is 9.97 Å². The van der Waals surface area contributed by atoms with Gasteiger partial charge in [-0.2, -0.15) is 0 Å². The van der Waals surface area contributed by atoms with Gasteiger partial charge in [0.15, 0.2) is 5.69 Å². The second-order valence-corrected chi connectivity index (χ2v) is 2.85. The van der Waals surface area contributed by atoms with Crippen molar-refractivity contribution in [2.75, 3.05) is 5.73 Å². The number of primary amides is 1. The Hall–Kier alpha value is -2.37. The molecule has 2 heterocycles. The molecular weight excluding hydrogens is 196 g/mol. The number of amides is 1. The molecule has 2 aromatic heterocycles. The van der Waals surface area contributed by atoms with Crippen LogP contribution in [0, 0.1) is 0 Å². The normalized spacial score (nSPS) is 10.1. The zero-order chi connectivity index (χ0) is 10.8. The number of hydrogen-bond acceptors (Lipinski definition) is 5. The van der Waals surface area contributed by atoms with Crippen LogP contribution in [0.2, 0.25) is 0 Å². The van der Waals surface area contributed by atoms with Gasteiger partial charge in [0.05, 0.1) is 0 Å². The van der Waals surface area contributed by atoms with E-state index in [-0.39, 0.29) is 11.6 Å². The van der Waals surface area contributed by atoms with Crippen LogP contribution in [0.1, 0.15) is 10.5 Å². The van der Waals surface area contributed by atoms with Crippen molar-refractivity contribution in [3.63, 3.8) is 0 Å². The van der Waals surface area contributed by atoms with Crippen molar-refractivity contribution in [2.45, 2.75) is 0 Å². The molecule has 0 spiro atoms. The average Bonchev–Trinajstić information content (AvgIpc) is 2.66. The lowest BCUT2D eigenvalue weighted by atomic mass is 10.3. The summed E-state index contributed by atoms with van der Waals surface area (Å²) in [6.45, 7) is 0. The smallest absolute Gasteiger partial charge is 0.270 e. The molecule has 0 unspecified atom stereocenters. The minimum atomic E-state index is -0.645. The maximum atomic E-state index is 10.8. The summed E-state index contributed by atoms with van der Waals surface area (Å²) in [6, 6.07) is 5.03. The summed E-state index contributed by atoms with van der Waals surface area (Å²) in [6.07, 6.45) is 1.18. The van der Waals surface area contributed by atoms with E-state index < -0.39 is 5.91 Å². The van der Waals surface area contributed by atoms with E-state index in [1.54, 1.807) is 18.2 Å². The summed E-state index contributed by atoms with van der Waals surface area (Å²) >= 11 is 0. The largest absolute Gasteiger partial charge is 0.442 e. The molecule has 0 saturated carbocycles. The minimum absolute atomic E-state index is 0.0641. The highest BCUT2D eigenvalue weighted by Gasteiger charge is 2.11. The summed E-state index contributed by atoms with van der Waals surface area (Å²) in [7, 11) is 0. The third-order valence-electron chi connectivity index (χ3n) is 1.75. The molecule has 1 amide bonds. The van der Waals surface area contributed by atoms with Crippen molar-refractivity contribution in [2.24, 2.45) is 5.73 Å². The lowest BCUT2D eigenvalue weighted by Crippen LogP contribution is -2.11. The van der Waals surface area contributed by atoms with Crippen molar-refractivity contribution >= 4 is 11.7 Å². The molecule has 0 radical (unpaired) electrons. The van der Waals surface area contributed by atoms with Crippen molar-refractivity contribution in [3.8, 4) is 11.6 Å². The third-order valence-corrected chi connectivity index (χ3v) is 1.75. The number of oxazole rings is 1. The maximum Gasteiger partial charge on any atom is 0.270 e. The predicted octanol–water partition coefficient (Wildman–Crippen LogP) is 0.418. The highest BCUT2D eigenvalue weighted by atomic mass is 16.3. The Labute approximate surface area is 84.9 Å². The standard InChI is InChI=1S/C9H8N4O2/c10-7-3-1-2-5(12-7)9-13-6(4-15-9)8(11)14/h1-4H,(H2,10,12)(H2,11,14). The van der Waals surface area contributed by atoms with Gasteiger partial charge in [-0.15, -0.1) is 0 Å². The van der Waals surface area contributed by atoms with Gasteiger partial charge in [-0.3, -0.25) is 4.79 Å².